The molecule has 1 heterocycles. The van der Waals surface area contributed by atoms with Gasteiger partial charge in [0.25, 0.3) is 5.91 Å². The Morgan fingerprint density at radius 1 is 0.857 bits per heavy atom. The Kier molecular flexibility index (Phi) is 5.33. The SMILES string of the molecule is O=C(COC(=O)C1(c2ccccc2)CCC1)N1CCN(c2ccccc2)CC1. The Labute approximate surface area is 165 Å². The molecular weight excluding hydrogens is 352 g/mol. The van der Waals surface area contributed by atoms with Crippen molar-refractivity contribution in [3.63, 3.8) is 0 Å². The monoisotopic (exact) mass is 378 g/mol. The summed E-state index contributed by atoms with van der Waals surface area (Å²) in [4.78, 5) is 29.4. The summed E-state index contributed by atoms with van der Waals surface area (Å²) in [6.45, 7) is 2.71. The van der Waals surface area contributed by atoms with Crippen LogP contribution >= 0.6 is 0 Å². The van der Waals surface area contributed by atoms with Crippen molar-refractivity contribution in [2.45, 2.75) is 24.7 Å². The van der Waals surface area contributed by atoms with E-state index in [2.05, 4.69) is 17.0 Å². The first-order valence-corrected chi connectivity index (χ1v) is 10.00. The Balaban J connectivity index is 1.30. The zero-order valence-corrected chi connectivity index (χ0v) is 16.0. The topological polar surface area (TPSA) is 49.9 Å². The molecule has 1 saturated heterocycles. The standard InChI is InChI=1S/C23H26N2O3/c26-21(25-16-14-24(15-17-25)20-10-5-2-6-11-20)18-28-22(27)23(12-7-13-23)19-8-3-1-4-9-19/h1-6,8-11H,7,12-18H2. The molecule has 0 N–H and O–H groups in total. The van der Waals surface area contributed by atoms with Crippen molar-refractivity contribution in [2.24, 2.45) is 0 Å². The van der Waals surface area contributed by atoms with Crippen molar-refractivity contribution in [3.05, 3.63) is 66.2 Å². The van der Waals surface area contributed by atoms with Gasteiger partial charge in [0, 0.05) is 31.9 Å². The first kappa shape index (κ1) is 18.5. The van der Waals surface area contributed by atoms with Crippen LogP contribution in [-0.4, -0.2) is 49.6 Å². The third-order valence-electron chi connectivity index (χ3n) is 6.00. The second kappa shape index (κ2) is 8.05. The van der Waals surface area contributed by atoms with Crippen LogP contribution in [0.1, 0.15) is 24.8 Å². The first-order valence-electron chi connectivity index (χ1n) is 10.00. The lowest BCUT2D eigenvalue weighted by Gasteiger charge is -2.40. The van der Waals surface area contributed by atoms with Crippen LogP contribution in [-0.2, 0) is 19.7 Å². The Bertz CT molecular complexity index is 810. The number of carbonyl (C=O) groups is 2. The molecule has 0 aromatic heterocycles. The summed E-state index contributed by atoms with van der Waals surface area (Å²) in [7, 11) is 0. The molecule has 4 rings (SSSR count). The number of benzene rings is 2. The highest BCUT2D eigenvalue weighted by molar-refractivity contribution is 5.87. The van der Waals surface area contributed by atoms with E-state index in [1.54, 1.807) is 4.90 Å². The third-order valence-corrected chi connectivity index (χ3v) is 6.00. The van der Waals surface area contributed by atoms with Crippen molar-refractivity contribution >= 4 is 17.6 Å². The number of ether oxygens (including phenoxy) is 1. The van der Waals surface area contributed by atoms with Crippen LogP contribution in [0, 0.1) is 0 Å². The molecule has 146 valence electrons. The number of esters is 1. The normalized spacial score (nSPS) is 18.3. The van der Waals surface area contributed by atoms with Crippen LogP contribution in [0.25, 0.3) is 0 Å². The lowest BCUT2D eigenvalue weighted by Crippen LogP contribution is -2.50. The predicted octanol–water partition coefficient (Wildman–Crippen LogP) is 3.00. The molecule has 2 fully saturated rings. The van der Waals surface area contributed by atoms with Gasteiger partial charge in [0.2, 0.25) is 0 Å². The highest BCUT2D eigenvalue weighted by atomic mass is 16.5. The maximum Gasteiger partial charge on any atom is 0.317 e. The largest absolute Gasteiger partial charge is 0.455 e. The van der Waals surface area contributed by atoms with E-state index in [0.717, 1.165) is 37.9 Å². The van der Waals surface area contributed by atoms with Crippen LogP contribution in [0.15, 0.2) is 60.7 Å². The van der Waals surface area contributed by atoms with Gasteiger partial charge >= 0.3 is 5.97 Å². The fourth-order valence-corrected chi connectivity index (χ4v) is 4.11. The maximum atomic E-state index is 12.8. The van der Waals surface area contributed by atoms with Gasteiger partial charge in [-0.25, -0.2) is 0 Å². The Morgan fingerprint density at radius 3 is 2.04 bits per heavy atom. The average molecular weight is 378 g/mol. The minimum Gasteiger partial charge on any atom is -0.455 e. The zero-order valence-electron chi connectivity index (χ0n) is 16.0. The van der Waals surface area contributed by atoms with Gasteiger partial charge in [0.15, 0.2) is 6.61 Å². The second-order valence-corrected chi connectivity index (χ2v) is 7.58. The van der Waals surface area contributed by atoms with Crippen molar-refractivity contribution < 1.29 is 14.3 Å². The van der Waals surface area contributed by atoms with E-state index in [1.807, 2.05) is 48.5 Å². The number of nitrogens with zero attached hydrogens (tertiary/aromatic N) is 2. The number of hydrogen-bond acceptors (Lipinski definition) is 4. The number of amides is 1. The summed E-state index contributed by atoms with van der Waals surface area (Å²) in [5, 5.41) is 0. The quantitative estimate of drug-likeness (QED) is 0.751. The fourth-order valence-electron chi connectivity index (χ4n) is 4.11. The molecule has 2 aliphatic rings. The average Bonchev–Trinajstić information content (AvgIpc) is 2.73. The highest BCUT2D eigenvalue weighted by Crippen LogP contribution is 2.44. The molecule has 2 aromatic carbocycles. The summed E-state index contributed by atoms with van der Waals surface area (Å²) in [6.07, 6.45) is 2.60. The second-order valence-electron chi connectivity index (χ2n) is 7.58. The summed E-state index contributed by atoms with van der Waals surface area (Å²) >= 11 is 0. The smallest absolute Gasteiger partial charge is 0.317 e. The number of piperazine rings is 1. The molecule has 1 amide bonds. The van der Waals surface area contributed by atoms with E-state index in [-0.39, 0.29) is 18.5 Å². The summed E-state index contributed by atoms with van der Waals surface area (Å²) in [6, 6.07) is 20.0. The van der Waals surface area contributed by atoms with Crippen LogP contribution in [0.2, 0.25) is 0 Å². The number of carbonyl (C=O) groups excluding carboxylic acids is 2. The van der Waals surface area contributed by atoms with Crippen LogP contribution in [0.4, 0.5) is 5.69 Å². The fraction of sp³-hybridized carbons (Fsp3) is 0.391. The van der Waals surface area contributed by atoms with Crippen LogP contribution < -0.4 is 4.90 Å². The molecule has 0 atom stereocenters. The Hall–Kier alpha value is -2.82. The maximum absolute atomic E-state index is 12.8. The van der Waals surface area contributed by atoms with Gasteiger partial charge in [0.1, 0.15) is 0 Å². The van der Waals surface area contributed by atoms with E-state index >= 15 is 0 Å². The molecule has 1 saturated carbocycles. The van der Waals surface area contributed by atoms with Gasteiger partial charge in [-0.05, 0) is 30.5 Å². The lowest BCUT2D eigenvalue weighted by atomic mass is 9.64. The molecule has 0 unspecified atom stereocenters. The molecule has 2 aromatic rings. The van der Waals surface area contributed by atoms with E-state index in [0.29, 0.717) is 13.1 Å². The van der Waals surface area contributed by atoms with E-state index in [1.165, 1.54) is 5.69 Å². The van der Waals surface area contributed by atoms with Crippen molar-refractivity contribution in [2.75, 3.05) is 37.7 Å². The summed E-state index contributed by atoms with van der Waals surface area (Å²) < 4.78 is 5.49. The molecule has 5 heteroatoms. The van der Waals surface area contributed by atoms with Gasteiger partial charge in [-0.1, -0.05) is 55.0 Å². The zero-order chi connectivity index (χ0) is 19.4. The van der Waals surface area contributed by atoms with Gasteiger partial charge in [-0.2, -0.15) is 0 Å². The van der Waals surface area contributed by atoms with Crippen LogP contribution in [0.5, 0.6) is 0 Å². The molecule has 1 aliphatic carbocycles. The molecule has 0 spiro atoms. The number of hydrogen-bond donors (Lipinski definition) is 0. The third kappa shape index (κ3) is 3.61. The molecular formula is C23H26N2O3. The number of anilines is 1. The number of para-hydroxylation sites is 1. The van der Waals surface area contributed by atoms with Gasteiger partial charge < -0.3 is 14.5 Å². The minimum absolute atomic E-state index is 0.108. The van der Waals surface area contributed by atoms with Crippen molar-refractivity contribution in [1.29, 1.82) is 0 Å². The van der Waals surface area contributed by atoms with E-state index in [9.17, 15) is 9.59 Å². The van der Waals surface area contributed by atoms with Crippen molar-refractivity contribution in [1.82, 2.24) is 4.90 Å². The van der Waals surface area contributed by atoms with Crippen molar-refractivity contribution in [3.8, 4) is 0 Å². The highest BCUT2D eigenvalue weighted by Gasteiger charge is 2.47. The van der Waals surface area contributed by atoms with E-state index < -0.39 is 5.41 Å². The van der Waals surface area contributed by atoms with Gasteiger partial charge in [0.05, 0.1) is 5.41 Å². The summed E-state index contributed by atoms with van der Waals surface area (Å²) in [5.41, 5.74) is 1.61. The Morgan fingerprint density at radius 2 is 1.46 bits per heavy atom. The lowest BCUT2D eigenvalue weighted by molar-refractivity contribution is -0.160. The van der Waals surface area contributed by atoms with Gasteiger partial charge in [-0.3, -0.25) is 9.59 Å². The molecule has 28 heavy (non-hydrogen) atoms. The predicted molar refractivity (Wildman–Crippen MR) is 108 cm³/mol. The summed E-state index contributed by atoms with van der Waals surface area (Å²) in [5.74, 6) is -0.371. The molecule has 0 radical (unpaired) electrons. The molecule has 0 bridgehead atoms. The number of rotatable bonds is 5. The van der Waals surface area contributed by atoms with Crippen LogP contribution in [0.3, 0.4) is 0 Å². The van der Waals surface area contributed by atoms with Gasteiger partial charge in [-0.15, -0.1) is 0 Å². The first-order chi connectivity index (χ1) is 13.7. The molecule has 1 aliphatic heterocycles. The molecule has 5 nitrogen and oxygen atoms in total. The minimum atomic E-state index is -0.562. The van der Waals surface area contributed by atoms with E-state index in [4.69, 9.17) is 4.74 Å².